The van der Waals surface area contributed by atoms with Gasteiger partial charge in [-0.15, -0.1) is 0 Å². The van der Waals surface area contributed by atoms with E-state index in [2.05, 4.69) is 20.6 Å². The number of carbonyl (C=O) groups excluding carboxylic acids is 2. The Balaban J connectivity index is 1.57. The summed E-state index contributed by atoms with van der Waals surface area (Å²) in [6, 6.07) is 12.6. The van der Waals surface area contributed by atoms with Crippen molar-refractivity contribution in [3.63, 3.8) is 0 Å². The van der Waals surface area contributed by atoms with Gasteiger partial charge in [-0.05, 0) is 62.1 Å². The molecule has 2 N–H and O–H groups in total. The third kappa shape index (κ3) is 6.57. The second-order valence-electron chi connectivity index (χ2n) is 9.60. The number of hydrogen-bond acceptors (Lipinski definition) is 4. The van der Waals surface area contributed by atoms with Gasteiger partial charge in [-0.1, -0.05) is 35.9 Å². The topological polar surface area (TPSA) is 88.4 Å². The Morgan fingerprint density at radius 2 is 1.97 bits per heavy atom. The van der Waals surface area contributed by atoms with Gasteiger partial charge in [0.15, 0.2) is 5.67 Å². The maximum absolute atomic E-state index is 13.8. The third-order valence-electron chi connectivity index (χ3n) is 6.23. The summed E-state index contributed by atoms with van der Waals surface area (Å²) in [5.74, 6) is -1.82. The van der Waals surface area contributed by atoms with E-state index in [0.717, 1.165) is 30.6 Å². The molecule has 1 atom stereocenters. The number of allylic oxidation sites excluding steroid dienone is 1. The molecule has 1 unspecified atom stereocenters. The van der Waals surface area contributed by atoms with E-state index in [9.17, 15) is 22.8 Å². The maximum atomic E-state index is 13.8. The van der Waals surface area contributed by atoms with Gasteiger partial charge in [0.2, 0.25) is 0 Å². The highest BCUT2D eigenvalue weighted by Gasteiger charge is 2.27. The van der Waals surface area contributed by atoms with E-state index in [-0.39, 0.29) is 30.3 Å². The first-order valence-corrected chi connectivity index (χ1v) is 12.6. The molecular weight excluding hydrogens is 531 g/mol. The summed E-state index contributed by atoms with van der Waals surface area (Å²) in [6.45, 7) is 2.32. The number of benzene rings is 1. The standard InChI is InChI=1S/C28H27ClF3N5O2/c1-28(2,32)27(39)34-15-16-7-8-19(24(25(30)31)33-12-11-16)26(38)36-23-10-9-21-20(35-23)14-22(37(21)3)17-5-4-6-18(29)13-17/h4-10,12-14,16,25H,11,15H2,1-3H3,(H,34,39)(H,35,36,38). The fourth-order valence-electron chi connectivity index (χ4n) is 4.10. The maximum Gasteiger partial charge on any atom is 0.281 e. The lowest BCUT2D eigenvalue weighted by Gasteiger charge is -2.18. The highest BCUT2D eigenvalue weighted by atomic mass is 35.5. The number of amides is 2. The van der Waals surface area contributed by atoms with Crippen LogP contribution in [0.15, 0.2) is 70.9 Å². The molecule has 1 aromatic carbocycles. The van der Waals surface area contributed by atoms with Gasteiger partial charge in [0.1, 0.15) is 11.5 Å². The molecule has 0 radical (unpaired) electrons. The van der Waals surface area contributed by atoms with E-state index < -0.39 is 29.6 Å². The highest BCUT2D eigenvalue weighted by molar-refractivity contribution is 6.30. The zero-order valence-corrected chi connectivity index (χ0v) is 22.3. The number of aromatic nitrogens is 2. The average molecular weight is 558 g/mol. The van der Waals surface area contributed by atoms with Gasteiger partial charge in [0, 0.05) is 24.8 Å². The van der Waals surface area contributed by atoms with Crippen LogP contribution < -0.4 is 10.6 Å². The van der Waals surface area contributed by atoms with Gasteiger partial charge >= 0.3 is 0 Å². The summed E-state index contributed by atoms with van der Waals surface area (Å²) >= 11 is 6.14. The Kier molecular flexibility index (Phi) is 8.25. The Hall–Kier alpha value is -3.92. The number of aryl methyl sites for hydroxylation is 1. The first-order valence-electron chi connectivity index (χ1n) is 12.2. The van der Waals surface area contributed by atoms with Crippen LogP contribution in [0, 0.1) is 5.92 Å². The Morgan fingerprint density at radius 1 is 1.21 bits per heavy atom. The molecule has 0 saturated carbocycles. The molecule has 7 nitrogen and oxygen atoms in total. The normalized spacial score (nSPS) is 15.9. The molecule has 11 heteroatoms. The number of hydrogen-bond donors (Lipinski definition) is 2. The van der Waals surface area contributed by atoms with Crippen LogP contribution in [0.4, 0.5) is 19.0 Å². The van der Waals surface area contributed by atoms with Crippen LogP contribution in [-0.4, -0.2) is 46.2 Å². The SMILES string of the molecule is Cn1c(-c2cccc(Cl)c2)cc2nc(NC(=O)C3=C(C(F)F)N=CCC(CNC(=O)C(C)(C)F)C=C3)ccc21. The molecule has 0 spiro atoms. The van der Waals surface area contributed by atoms with Crippen LogP contribution >= 0.6 is 11.6 Å². The predicted molar refractivity (Wildman–Crippen MR) is 147 cm³/mol. The summed E-state index contributed by atoms with van der Waals surface area (Å²) in [5.41, 5.74) is 0.0577. The molecule has 2 aromatic heterocycles. The molecule has 0 fully saturated rings. The first-order chi connectivity index (χ1) is 18.4. The number of nitrogens with zero attached hydrogens (tertiary/aromatic N) is 3. The Bertz CT molecular complexity index is 1500. The van der Waals surface area contributed by atoms with Gasteiger partial charge < -0.3 is 15.2 Å². The lowest BCUT2D eigenvalue weighted by atomic mass is 10.0. The summed E-state index contributed by atoms with van der Waals surface area (Å²) in [4.78, 5) is 33.3. The van der Waals surface area contributed by atoms with Crippen molar-refractivity contribution < 1.29 is 22.8 Å². The van der Waals surface area contributed by atoms with Crippen LogP contribution in [-0.2, 0) is 16.6 Å². The molecule has 39 heavy (non-hydrogen) atoms. The first kappa shape index (κ1) is 28.1. The van der Waals surface area contributed by atoms with Crippen molar-refractivity contribution in [2.24, 2.45) is 18.0 Å². The zero-order valence-electron chi connectivity index (χ0n) is 21.5. The van der Waals surface area contributed by atoms with Crippen molar-refractivity contribution in [1.82, 2.24) is 14.9 Å². The summed E-state index contributed by atoms with van der Waals surface area (Å²) in [5, 5.41) is 5.66. The number of anilines is 1. The van der Waals surface area contributed by atoms with E-state index in [1.54, 1.807) is 18.2 Å². The van der Waals surface area contributed by atoms with Crippen LogP contribution in [0.25, 0.3) is 22.3 Å². The largest absolute Gasteiger partial charge is 0.353 e. The number of fused-ring (bicyclic) bond motifs is 1. The van der Waals surface area contributed by atoms with Crippen molar-refractivity contribution in [3.8, 4) is 11.3 Å². The zero-order chi connectivity index (χ0) is 28.3. The molecule has 0 aliphatic carbocycles. The number of rotatable bonds is 7. The van der Waals surface area contributed by atoms with Crippen molar-refractivity contribution in [2.45, 2.75) is 32.4 Å². The van der Waals surface area contributed by atoms with E-state index in [1.165, 1.54) is 18.4 Å². The van der Waals surface area contributed by atoms with Crippen molar-refractivity contribution in [3.05, 3.63) is 70.9 Å². The fraction of sp³-hybridized carbons (Fsp3) is 0.286. The lowest BCUT2D eigenvalue weighted by Crippen LogP contribution is -2.40. The van der Waals surface area contributed by atoms with Gasteiger partial charge in [0.05, 0.1) is 22.3 Å². The molecule has 0 saturated heterocycles. The van der Waals surface area contributed by atoms with Gasteiger partial charge in [-0.3, -0.25) is 14.6 Å². The molecule has 3 heterocycles. The molecule has 2 amide bonds. The molecule has 3 aromatic rings. The van der Waals surface area contributed by atoms with Crippen molar-refractivity contribution >= 4 is 46.5 Å². The van der Waals surface area contributed by atoms with Gasteiger partial charge in [0.25, 0.3) is 18.2 Å². The molecule has 4 rings (SSSR count). The van der Waals surface area contributed by atoms with Gasteiger partial charge in [-0.2, -0.15) is 0 Å². The van der Waals surface area contributed by atoms with Gasteiger partial charge in [-0.25, -0.2) is 18.2 Å². The number of halogens is 4. The van der Waals surface area contributed by atoms with Crippen LogP contribution in [0.2, 0.25) is 5.02 Å². The van der Waals surface area contributed by atoms with E-state index in [4.69, 9.17) is 11.6 Å². The minimum absolute atomic E-state index is 0.0504. The third-order valence-corrected chi connectivity index (χ3v) is 6.46. The molecule has 204 valence electrons. The number of aliphatic imine (C=N–C) groups is 1. The van der Waals surface area contributed by atoms with Crippen LogP contribution in [0.3, 0.4) is 0 Å². The van der Waals surface area contributed by atoms with E-state index in [0.29, 0.717) is 10.5 Å². The Labute approximate surface area is 228 Å². The minimum Gasteiger partial charge on any atom is -0.353 e. The molecular formula is C28H27ClF3N5O2. The minimum atomic E-state index is -3.00. The summed E-state index contributed by atoms with van der Waals surface area (Å²) < 4.78 is 43.3. The fourth-order valence-corrected chi connectivity index (χ4v) is 4.29. The Morgan fingerprint density at radius 3 is 2.67 bits per heavy atom. The second-order valence-corrected chi connectivity index (χ2v) is 10.0. The molecule has 1 aliphatic heterocycles. The quantitative estimate of drug-likeness (QED) is 0.381. The second kappa shape index (κ2) is 11.4. The average Bonchev–Trinajstić information content (AvgIpc) is 3.18. The lowest BCUT2D eigenvalue weighted by molar-refractivity contribution is -0.130. The van der Waals surface area contributed by atoms with E-state index >= 15 is 0 Å². The van der Waals surface area contributed by atoms with Crippen LogP contribution in [0.1, 0.15) is 20.3 Å². The molecule has 0 bridgehead atoms. The van der Waals surface area contributed by atoms with E-state index in [1.807, 2.05) is 35.9 Å². The number of alkyl halides is 3. The highest BCUT2D eigenvalue weighted by Crippen LogP contribution is 2.29. The van der Waals surface area contributed by atoms with Crippen molar-refractivity contribution in [1.29, 1.82) is 0 Å². The van der Waals surface area contributed by atoms with Crippen molar-refractivity contribution in [2.75, 3.05) is 11.9 Å². The summed E-state index contributed by atoms with van der Waals surface area (Å²) in [7, 11) is 1.88. The number of carbonyl (C=O) groups is 2. The van der Waals surface area contributed by atoms with Crippen LogP contribution in [0.5, 0.6) is 0 Å². The number of nitrogens with one attached hydrogen (secondary N) is 2. The molecule has 1 aliphatic rings. The number of pyridine rings is 1. The summed E-state index contributed by atoms with van der Waals surface area (Å²) in [6.07, 6.45) is 1.26. The smallest absolute Gasteiger partial charge is 0.281 e. The monoisotopic (exact) mass is 557 g/mol. The predicted octanol–water partition coefficient (Wildman–Crippen LogP) is 5.86.